The van der Waals surface area contributed by atoms with Gasteiger partial charge in [-0.05, 0) is 72.8 Å². The van der Waals surface area contributed by atoms with Crippen LogP contribution in [0.3, 0.4) is 0 Å². The quantitative estimate of drug-likeness (QED) is 0.623. The molecule has 2 saturated heterocycles. The number of benzene rings is 1. The fraction of sp³-hybridized carbons (Fsp3) is 0.615. The van der Waals surface area contributed by atoms with Gasteiger partial charge in [-0.25, -0.2) is 4.79 Å². The average Bonchev–Trinajstić information content (AvgIpc) is 3.30. The van der Waals surface area contributed by atoms with Gasteiger partial charge in [0.15, 0.2) is 0 Å². The molecule has 0 spiro atoms. The van der Waals surface area contributed by atoms with Gasteiger partial charge in [-0.3, -0.25) is 4.68 Å². The molecule has 1 aromatic carbocycles. The molecule has 0 bridgehead atoms. The molecule has 1 unspecified atom stereocenters. The monoisotopic (exact) mass is 467 g/mol. The molecule has 1 aromatic heterocycles. The number of hydrogen-bond acceptors (Lipinski definition) is 5. The van der Waals surface area contributed by atoms with Gasteiger partial charge in [0.2, 0.25) is 0 Å². The van der Waals surface area contributed by atoms with Crippen LogP contribution in [0.2, 0.25) is 0 Å². The van der Waals surface area contributed by atoms with Crippen molar-refractivity contribution in [3.63, 3.8) is 0 Å². The third-order valence-corrected chi connectivity index (χ3v) is 7.21. The number of nitrogens with zero attached hydrogens (tertiary/aromatic N) is 3. The van der Waals surface area contributed by atoms with Crippen LogP contribution < -0.4 is 5.46 Å². The smallest absolute Gasteiger partial charge is 0.444 e. The summed E-state index contributed by atoms with van der Waals surface area (Å²) in [6, 6.07) is 10.5. The first-order valence-electron chi connectivity index (χ1n) is 12.3. The molecular formula is C26H38BN3O4. The van der Waals surface area contributed by atoms with Crippen LogP contribution in [0.4, 0.5) is 4.79 Å². The van der Waals surface area contributed by atoms with Crippen LogP contribution >= 0.6 is 0 Å². The van der Waals surface area contributed by atoms with Crippen molar-refractivity contribution in [3.8, 4) is 0 Å². The third kappa shape index (κ3) is 5.18. The van der Waals surface area contributed by atoms with Crippen LogP contribution in [0.1, 0.15) is 72.9 Å². The Morgan fingerprint density at radius 1 is 1.09 bits per heavy atom. The lowest BCUT2D eigenvalue weighted by molar-refractivity contribution is 0.00578. The molecule has 7 nitrogen and oxygen atoms in total. The highest BCUT2D eigenvalue weighted by Gasteiger charge is 2.52. The van der Waals surface area contributed by atoms with Crippen molar-refractivity contribution in [2.75, 3.05) is 13.1 Å². The van der Waals surface area contributed by atoms with Gasteiger partial charge in [-0.15, -0.1) is 0 Å². The summed E-state index contributed by atoms with van der Waals surface area (Å²) in [6.07, 6.45) is 5.44. The molecule has 1 atom stereocenters. The maximum atomic E-state index is 12.5. The second-order valence-electron chi connectivity index (χ2n) is 11.5. The topological polar surface area (TPSA) is 65.8 Å². The van der Waals surface area contributed by atoms with Crippen LogP contribution in [0.25, 0.3) is 0 Å². The van der Waals surface area contributed by atoms with Crippen molar-refractivity contribution < 1.29 is 18.8 Å². The Kier molecular flexibility index (Phi) is 6.59. The van der Waals surface area contributed by atoms with E-state index in [4.69, 9.17) is 19.1 Å². The molecule has 0 N–H and O–H groups in total. The Morgan fingerprint density at radius 2 is 1.68 bits per heavy atom. The fourth-order valence-corrected chi connectivity index (χ4v) is 4.62. The maximum absolute atomic E-state index is 12.5. The number of amides is 1. The Bertz CT molecular complexity index is 975. The molecule has 0 saturated carbocycles. The van der Waals surface area contributed by atoms with E-state index in [-0.39, 0.29) is 12.1 Å². The van der Waals surface area contributed by atoms with Crippen LogP contribution in [-0.2, 0) is 14.0 Å². The van der Waals surface area contributed by atoms with Crippen LogP contribution in [-0.4, -0.2) is 57.8 Å². The second kappa shape index (κ2) is 9.04. The van der Waals surface area contributed by atoms with Crippen molar-refractivity contribution in [2.24, 2.45) is 5.92 Å². The molecule has 0 radical (unpaired) electrons. The Balaban J connectivity index is 1.53. The van der Waals surface area contributed by atoms with Crippen LogP contribution in [0.5, 0.6) is 0 Å². The SMILES string of the molecule is CC(C)(C)OC(=O)N1CCC(C(c2ccccc2)n2cc(B3OC(C)(C)C(C)(C)O3)cn2)CC1. The van der Waals surface area contributed by atoms with Gasteiger partial charge in [-0.1, -0.05) is 30.3 Å². The summed E-state index contributed by atoms with van der Waals surface area (Å²) in [4.78, 5) is 14.4. The van der Waals surface area contributed by atoms with Crippen molar-refractivity contribution in [1.82, 2.24) is 14.7 Å². The molecule has 184 valence electrons. The van der Waals surface area contributed by atoms with Crippen LogP contribution in [0.15, 0.2) is 42.7 Å². The molecule has 4 rings (SSSR count). The largest absolute Gasteiger partial charge is 0.498 e. The molecule has 2 aliphatic heterocycles. The summed E-state index contributed by atoms with van der Waals surface area (Å²) in [5.74, 6) is 0.340. The lowest BCUT2D eigenvalue weighted by Crippen LogP contribution is -2.43. The molecule has 3 heterocycles. The molecule has 8 heteroatoms. The Morgan fingerprint density at radius 3 is 2.24 bits per heavy atom. The normalized spacial score (nSPS) is 21.5. The first-order chi connectivity index (χ1) is 15.9. The summed E-state index contributed by atoms with van der Waals surface area (Å²) in [6.45, 7) is 15.3. The van der Waals surface area contributed by atoms with Gasteiger partial charge in [0, 0.05) is 30.9 Å². The Hall–Kier alpha value is -2.32. The van der Waals surface area contributed by atoms with E-state index in [0.29, 0.717) is 19.0 Å². The number of carbonyl (C=O) groups is 1. The van der Waals surface area contributed by atoms with Crippen molar-refractivity contribution in [3.05, 3.63) is 48.3 Å². The van der Waals surface area contributed by atoms with E-state index >= 15 is 0 Å². The van der Waals surface area contributed by atoms with Crippen LogP contribution in [0, 0.1) is 5.92 Å². The van der Waals surface area contributed by atoms with E-state index in [0.717, 1.165) is 18.3 Å². The molecule has 2 aliphatic rings. The summed E-state index contributed by atoms with van der Waals surface area (Å²) < 4.78 is 20.1. The van der Waals surface area contributed by atoms with E-state index in [1.165, 1.54) is 5.56 Å². The number of hydrogen-bond donors (Lipinski definition) is 0. The molecule has 1 amide bonds. The molecule has 34 heavy (non-hydrogen) atoms. The zero-order valence-electron chi connectivity index (χ0n) is 21.6. The minimum absolute atomic E-state index is 0.0677. The zero-order valence-corrected chi connectivity index (χ0v) is 21.6. The maximum Gasteiger partial charge on any atom is 0.498 e. The van der Waals surface area contributed by atoms with E-state index in [2.05, 4.69) is 58.2 Å². The molecular weight excluding hydrogens is 429 g/mol. The number of aromatic nitrogens is 2. The predicted octanol–water partition coefficient (Wildman–Crippen LogP) is 4.42. The van der Waals surface area contributed by atoms with Gasteiger partial charge >= 0.3 is 13.2 Å². The third-order valence-electron chi connectivity index (χ3n) is 7.21. The highest BCUT2D eigenvalue weighted by atomic mass is 16.7. The molecule has 2 aromatic rings. The lowest BCUT2D eigenvalue weighted by Gasteiger charge is -2.37. The fourth-order valence-electron chi connectivity index (χ4n) is 4.62. The first kappa shape index (κ1) is 24.8. The predicted molar refractivity (Wildman–Crippen MR) is 133 cm³/mol. The summed E-state index contributed by atoms with van der Waals surface area (Å²) in [5.41, 5.74) is 0.854. The number of piperidine rings is 1. The second-order valence-corrected chi connectivity index (χ2v) is 11.5. The number of rotatable bonds is 4. The minimum atomic E-state index is -0.487. The molecule has 0 aliphatic carbocycles. The van der Waals surface area contributed by atoms with Gasteiger partial charge in [-0.2, -0.15) is 5.10 Å². The van der Waals surface area contributed by atoms with E-state index in [9.17, 15) is 4.79 Å². The van der Waals surface area contributed by atoms with Gasteiger partial charge in [0.25, 0.3) is 0 Å². The standard InChI is InChI=1S/C26H38BN3O4/c1-24(2,3)32-23(31)29-15-13-20(14-16-29)22(19-11-9-8-10-12-19)30-18-21(17-28-30)27-33-25(4,5)26(6,7)34-27/h8-12,17-18,20,22H,13-16H2,1-7H3. The van der Waals surface area contributed by atoms with Gasteiger partial charge in [0.05, 0.1) is 17.2 Å². The van der Waals surface area contributed by atoms with Crippen molar-refractivity contribution in [1.29, 1.82) is 0 Å². The number of likely N-dealkylation sites (tertiary alicyclic amines) is 1. The van der Waals surface area contributed by atoms with E-state index in [1.54, 1.807) is 0 Å². The number of ether oxygens (including phenoxy) is 1. The first-order valence-corrected chi connectivity index (χ1v) is 12.3. The average molecular weight is 467 g/mol. The van der Waals surface area contributed by atoms with E-state index in [1.807, 2.05) is 42.6 Å². The molecule has 2 fully saturated rings. The van der Waals surface area contributed by atoms with Crippen molar-refractivity contribution >= 4 is 18.7 Å². The highest BCUT2D eigenvalue weighted by molar-refractivity contribution is 6.62. The summed E-state index contributed by atoms with van der Waals surface area (Å²) in [7, 11) is -0.441. The lowest BCUT2D eigenvalue weighted by atomic mass is 9.81. The van der Waals surface area contributed by atoms with Crippen molar-refractivity contribution in [2.45, 2.75) is 84.2 Å². The minimum Gasteiger partial charge on any atom is -0.444 e. The summed E-state index contributed by atoms with van der Waals surface area (Å²) in [5, 5.41) is 4.76. The Labute approximate surface area is 203 Å². The summed E-state index contributed by atoms with van der Waals surface area (Å²) >= 11 is 0. The number of carbonyl (C=O) groups excluding carboxylic acids is 1. The van der Waals surface area contributed by atoms with Gasteiger partial charge in [0.1, 0.15) is 5.60 Å². The highest BCUT2D eigenvalue weighted by Crippen LogP contribution is 2.37. The van der Waals surface area contributed by atoms with Gasteiger partial charge < -0.3 is 18.9 Å². The van der Waals surface area contributed by atoms with E-state index < -0.39 is 23.9 Å². The zero-order chi connectivity index (χ0) is 24.7.